The molecule has 2 unspecified atom stereocenters. The van der Waals surface area contributed by atoms with Gasteiger partial charge in [0.1, 0.15) is 6.61 Å². The maximum atomic E-state index is 12.0. The fourth-order valence-electron chi connectivity index (χ4n) is 2.15. The van der Waals surface area contributed by atoms with Gasteiger partial charge in [-0.05, 0) is 19.3 Å². The van der Waals surface area contributed by atoms with Crippen molar-refractivity contribution in [1.29, 1.82) is 0 Å². The maximum Gasteiger partial charge on any atom is 0.261 e. The Morgan fingerprint density at radius 1 is 1.53 bits per heavy atom. The molecular formula is C12H16F2O. The first-order valence-electron chi connectivity index (χ1n) is 5.50. The minimum atomic E-state index is -2.36. The third-order valence-corrected chi connectivity index (χ3v) is 3.03. The molecule has 84 valence electrons. The Labute approximate surface area is 88.8 Å². The van der Waals surface area contributed by atoms with Crippen molar-refractivity contribution in [3.63, 3.8) is 0 Å². The van der Waals surface area contributed by atoms with Crippen LogP contribution in [-0.2, 0) is 4.74 Å². The molecule has 2 atom stereocenters. The molecular weight excluding hydrogens is 198 g/mol. The van der Waals surface area contributed by atoms with E-state index in [-0.39, 0.29) is 6.10 Å². The maximum absolute atomic E-state index is 12.0. The van der Waals surface area contributed by atoms with Gasteiger partial charge in [0.2, 0.25) is 0 Å². The molecule has 2 rings (SSSR count). The minimum Gasteiger partial charge on any atom is -0.368 e. The topological polar surface area (TPSA) is 9.23 Å². The van der Waals surface area contributed by atoms with Crippen molar-refractivity contribution in [2.24, 2.45) is 5.92 Å². The van der Waals surface area contributed by atoms with Crippen molar-refractivity contribution in [2.45, 2.75) is 38.7 Å². The molecule has 0 spiro atoms. The van der Waals surface area contributed by atoms with Crippen LogP contribution < -0.4 is 0 Å². The molecule has 1 saturated carbocycles. The van der Waals surface area contributed by atoms with Gasteiger partial charge in [0.15, 0.2) is 0 Å². The number of rotatable bonds is 4. The van der Waals surface area contributed by atoms with Crippen molar-refractivity contribution >= 4 is 0 Å². The molecule has 0 aromatic carbocycles. The third-order valence-electron chi connectivity index (χ3n) is 3.03. The van der Waals surface area contributed by atoms with Gasteiger partial charge in [0, 0.05) is 5.92 Å². The van der Waals surface area contributed by atoms with E-state index in [0.29, 0.717) is 5.92 Å². The molecule has 0 bridgehead atoms. The smallest absolute Gasteiger partial charge is 0.261 e. The molecule has 1 fully saturated rings. The van der Waals surface area contributed by atoms with Crippen molar-refractivity contribution in [2.75, 3.05) is 6.61 Å². The van der Waals surface area contributed by atoms with Gasteiger partial charge in [0.05, 0.1) is 6.10 Å². The van der Waals surface area contributed by atoms with Crippen molar-refractivity contribution < 1.29 is 13.5 Å². The van der Waals surface area contributed by atoms with Crippen LogP contribution in [-0.4, -0.2) is 19.1 Å². The van der Waals surface area contributed by atoms with E-state index in [4.69, 9.17) is 4.74 Å². The van der Waals surface area contributed by atoms with Gasteiger partial charge < -0.3 is 4.74 Å². The van der Waals surface area contributed by atoms with Gasteiger partial charge in [-0.2, -0.15) is 0 Å². The third kappa shape index (κ3) is 2.65. The van der Waals surface area contributed by atoms with E-state index < -0.39 is 13.0 Å². The van der Waals surface area contributed by atoms with Crippen LogP contribution in [0.3, 0.4) is 0 Å². The monoisotopic (exact) mass is 214 g/mol. The Bertz CT molecular complexity index is 294. The second-order valence-electron chi connectivity index (χ2n) is 4.13. The first-order chi connectivity index (χ1) is 7.20. The van der Waals surface area contributed by atoms with Crippen molar-refractivity contribution in [1.82, 2.24) is 0 Å². The molecule has 0 heterocycles. The number of hydrogen-bond donors (Lipinski definition) is 0. The summed E-state index contributed by atoms with van der Waals surface area (Å²) in [5.74, 6) is 0.607. The summed E-state index contributed by atoms with van der Waals surface area (Å²) >= 11 is 0. The Morgan fingerprint density at radius 3 is 3.00 bits per heavy atom. The lowest BCUT2D eigenvalue weighted by atomic mass is 10.1. The SMILES string of the molecule is CCC1=CCC(OCC(F)F)C=C2CC12. The Kier molecular flexibility index (Phi) is 3.19. The fraction of sp³-hybridized carbons (Fsp3) is 0.667. The summed E-state index contributed by atoms with van der Waals surface area (Å²) in [6, 6.07) is 0. The number of halogens is 2. The first kappa shape index (κ1) is 10.8. The van der Waals surface area contributed by atoms with Gasteiger partial charge in [-0.1, -0.05) is 30.2 Å². The van der Waals surface area contributed by atoms with Crippen LogP contribution in [0.1, 0.15) is 26.2 Å². The first-order valence-corrected chi connectivity index (χ1v) is 5.50. The highest BCUT2D eigenvalue weighted by molar-refractivity contribution is 5.38. The molecule has 0 amide bonds. The summed E-state index contributed by atoms with van der Waals surface area (Å²) in [6.45, 7) is 1.69. The molecule has 2 aliphatic rings. The average molecular weight is 214 g/mol. The highest BCUT2D eigenvalue weighted by Crippen LogP contribution is 2.46. The predicted molar refractivity (Wildman–Crippen MR) is 54.9 cm³/mol. The Hall–Kier alpha value is -0.700. The van der Waals surface area contributed by atoms with Crippen LogP contribution in [0.5, 0.6) is 0 Å². The zero-order valence-electron chi connectivity index (χ0n) is 8.88. The second-order valence-corrected chi connectivity index (χ2v) is 4.13. The van der Waals surface area contributed by atoms with Crippen LogP contribution in [0.25, 0.3) is 0 Å². The van der Waals surface area contributed by atoms with Crippen molar-refractivity contribution in [3.05, 3.63) is 23.3 Å². The molecule has 0 saturated heterocycles. The summed E-state index contributed by atoms with van der Waals surface area (Å²) < 4.78 is 29.1. The zero-order valence-corrected chi connectivity index (χ0v) is 8.88. The fourth-order valence-corrected chi connectivity index (χ4v) is 2.15. The summed E-state index contributed by atoms with van der Waals surface area (Å²) in [4.78, 5) is 0. The molecule has 15 heavy (non-hydrogen) atoms. The average Bonchev–Trinajstić information content (AvgIpc) is 2.92. The van der Waals surface area contributed by atoms with Gasteiger partial charge in [-0.3, -0.25) is 0 Å². The highest BCUT2D eigenvalue weighted by atomic mass is 19.3. The largest absolute Gasteiger partial charge is 0.368 e. The second kappa shape index (κ2) is 4.44. The van der Waals surface area contributed by atoms with Crippen LogP contribution in [0.4, 0.5) is 8.78 Å². The Balaban J connectivity index is 1.93. The molecule has 3 heteroatoms. The molecule has 0 radical (unpaired) electrons. The zero-order chi connectivity index (χ0) is 10.8. The van der Waals surface area contributed by atoms with Gasteiger partial charge in [-0.15, -0.1) is 0 Å². The van der Waals surface area contributed by atoms with E-state index in [0.717, 1.165) is 19.3 Å². The highest BCUT2D eigenvalue weighted by Gasteiger charge is 2.34. The van der Waals surface area contributed by atoms with E-state index in [1.165, 1.54) is 11.1 Å². The Morgan fingerprint density at radius 2 is 2.33 bits per heavy atom. The lowest BCUT2D eigenvalue weighted by molar-refractivity contribution is -0.00579. The van der Waals surface area contributed by atoms with Crippen LogP contribution in [0, 0.1) is 5.92 Å². The number of alkyl halides is 2. The van der Waals surface area contributed by atoms with Gasteiger partial charge in [0.25, 0.3) is 6.43 Å². The normalized spacial score (nSPS) is 29.3. The number of ether oxygens (including phenoxy) is 1. The lowest BCUT2D eigenvalue weighted by Gasteiger charge is -2.11. The van der Waals surface area contributed by atoms with E-state index >= 15 is 0 Å². The van der Waals surface area contributed by atoms with Crippen molar-refractivity contribution in [3.8, 4) is 0 Å². The van der Waals surface area contributed by atoms with Crippen LogP contribution in [0.15, 0.2) is 23.3 Å². The number of hydrogen-bond acceptors (Lipinski definition) is 1. The molecule has 0 aliphatic heterocycles. The van der Waals surface area contributed by atoms with Crippen LogP contribution in [0.2, 0.25) is 0 Å². The summed E-state index contributed by atoms with van der Waals surface area (Å²) in [5, 5.41) is 0. The number of allylic oxidation sites excluding steroid dienone is 2. The quantitative estimate of drug-likeness (QED) is 0.652. The van der Waals surface area contributed by atoms with E-state index in [2.05, 4.69) is 13.0 Å². The summed E-state index contributed by atoms with van der Waals surface area (Å²) in [6.07, 6.45) is 4.61. The molecule has 2 aliphatic carbocycles. The van der Waals surface area contributed by atoms with Gasteiger partial charge in [-0.25, -0.2) is 8.78 Å². The molecule has 0 aromatic rings. The molecule has 0 N–H and O–H groups in total. The van der Waals surface area contributed by atoms with Gasteiger partial charge >= 0.3 is 0 Å². The standard InChI is InChI=1S/C12H16F2O/c1-2-8-3-4-10(15-7-12(13)14)5-9-6-11(8)9/h3,5,10-12H,2,4,6-7H2,1H3. The van der Waals surface area contributed by atoms with E-state index in [1.54, 1.807) is 0 Å². The molecule has 0 aromatic heterocycles. The number of fused-ring (bicyclic) bond motifs is 1. The predicted octanol–water partition coefficient (Wildman–Crippen LogP) is 3.32. The minimum absolute atomic E-state index is 0.136. The van der Waals surface area contributed by atoms with E-state index in [1.807, 2.05) is 6.08 Å². The summed E-state index contributed by atoms with van der Waals surface area (Å²) in [7, 11) is 0. The van der Waals surface area contributed by atoms with E-state index in [9.17, 15) is 8.78 Å². The lowest BCUT2D eigenvalue weighted by Crippen LogP contribution is -2.14. The van der Waals surface area contributed by atoms with Crippen LogP contribution >= 0.6 is 0 Å². The summed E-state index contributed by atoms with van der Waals surface area (Å²) in [5.41, 5.74) is 2.82. The molecule has 1 nitrogen and oxygen atoms in total.